The molecule has 1 heterocycles. The monoisotopic (exact) mass is 249 g/mol. The quantitative estimate of drug-likeness (QED) is 0.737. The van der Waals surface area contributed by atoms with Crippen molar-refractivity contribution in [2.24, 2.45) is 0 Å². The maximum absolute atomic E-state index is 12.2. The predicted molar refractivity (Wildman–Crippen MR) is 79.4 cm³/mol. The van der Waals surface area contributed by atoms with Crippen LogP contribution >= 0.6 is 0 Å². The lowest BCUT2D eigenvalue weighted by Crippen LogP contribution is -2.03. The van der Waals surface area contributed by atoms with Crippen LogP contribution in [0.5, 0.6) is 0 Å². The smallest absolute Gasteiger partial charge is 0.190 e. The zero-order valence-electron chi connectivity index (χ0n) is 10.8. The molecule has 2 heteroatoms. The Kier molecular flexibility index (Phi) is 2.92. The van der Waals surface area contributed by atoms with Crippen LogP contribution in [0.3, 0.4) is 0 Å². The second-order valence-corrected chi connectivity index (χ2v) is 4.65. The second-order valence-electron chi connectivity index (χ2n) is 4.65. The van der Waals surface area contributed by atoms with E-state index in [1.54, 1.807) is 6.07 Å². The van der Waals surface area contributed by atoms with Gasteiger partial charge in [0.2, 0.25) is 0 Å². The summed E-state index contributed by atoms with van der Waals surface area (Å²) in [5.74, 6) is 0. The molecule has 2 aromatic carbocycles. The number of nitrogens with one attached hydrogen (secondary N) is 1. The average Bonchev–Trinajstić information content (AvgIpc) is 2.47. The lowest BCUT2D eigenvalue weighted by Gasteiger charge is -2.06. The van der Waals surface area contributed by atoms with E-state index >= 15 is 0 Å². The largest absolute Gasteiger partial charge is 0.354 e. The Balaban J connectivity index is 2.26. The van der Waals surface area contributed by atoms with E-state index in [2.05, 4.69) is 18.0 Å². The van der Waals surface area contributed by atoms with Crippen LogP contribution in [0.2, 0.25) is 0 Å². The van der Waals surface area contributed by atoms with E-state index in [4.69, 9.17) is 0 Å². The number of rotatable bonds is 2. The Morgan fingerprint density at radius 3 is 2.53 bits per heavy atom. The number of fused-ring (bicyclic) bond motifs is 1. The van der Waals surface area contributed by atoms with Gasteiger partial charge in [-0.15, -0.1) is 0 Å². The van der Waals surface area contributed by atoms with E-state index in [0.717, 1.165) is 28.6 Å². The number of pyridine rings is 1. The van der Waals surface area contributed by atoms with Gasteiger partial charge in [-0.1, -0.05) is 43.3 Å². The van der Waals surface area contributed by atoms with E-state index in [9.17, 15) is 4.79 Å². The third-order valence-electron chi connectivity index (χ3n) is 3.39. The number of aromatic nitrogens is 1. The van der Waals surface area contributed by atoms with E-state index in [0.29, 0.717) is 0 Å². The number of hydrogen-bond acceptors (Lipinski definition) is 1. The molecule has 0 aliphatic rings. The summed E-state index contributed by atoms with van der Waals surface area (Å²) in [7, 11) is 0. The first-order valence-corrected chi connectivity index (χ1v) is 6.49. The first kappa shape index (κ1) is 11.7. The van der Waals surface area contributed by atoms with Crippen molar-refractivity contribution in [2.45, 2.75) is 13.3 Å². The Labute approximate surface area is 111 Å². The molecule has 0 aliphatic heterocycles. The summed E-state index contributed by atoms with van der Waals surface area (Å²) in [4.78, 5) is 15.5. The van der Waals surface area contributed by atoms with Crippen LogP contribution in [0, 0.1) is 0 Å². The lowest BCUT2D eigenvalue weighted by molar-refractivity contribution is 1.14. The van der Waals surface area contributed by atoms with E-state index in [1.165, 1.54) is 5.56 Å². The fourth-order valence-electron chi connectivity index (χ4n) is 2.29. The summed E-state index contributed by atoms with van der Waals surface area (Å²) in [5, 5.41) is 0.747. The van der Waals surface area contributed by atoms with Crippen molar-refractivity contribution >= 4 is 10.9 Å². The summed E-state index contributed by atoms with van der Waals surface area (Å²) >= 11 is 0. The Hall–Kier alpha value is -2.35. The highest BCUT2D eigenvalue weighted by atomic mass is 16.1. The van der Waals surface area contributed by atoms with Gasteiger partial charge in [0, 0.05) is 22.7 Å². The molecule has 3 rings (SSSR count). The predicted octanol–water partition coefficient (Wildman–Crippen LogP) is 3.76. The molecule has 19 heavy (non-hydrogen) atoms. The van der Waals surface area contributed by atoms with Crippen LogP contribution in [0.1, 0.15) is 12.5 Å². The molecule has 0 saturated carbocycles. The fraction of sp³-hybridized carbons (Fsp3) is 0.118. The number of H-pyrrole nitrogens is 1. The molecule has 0 spiro atoms. The molecule has 1 aromatic heterocycles. The van der Waals surface area contributed by atoms with Crippen molar-refractivity contribution in [1.29, 1.82) is 0 Å². The number of aryl methyl sites for hydroxylation is 1. The molecule has 0 amide bonds. The molecular weight excluding hydrogens is 234 g/mol. The van der Waals surface area contributed by atoms with Crippen molar-refractivity contribution < 1.29 is 0 Å². The highest BCUT2D eigenvalue weighted by Gasteiger charge is 2.04. The first-order valence-electron chi connectivity index (χ1n) is 6.49. The van der Waals surface area contributed by atoms with Gasteiger partial charge in [0.1, 0.15) is 0 Å². The minimum absolute atomic E-state index is 0.0651. The summed E-state index contributed by atoms with van der Waals surface area (Å²) < 4.78 is 0. The van der Waals surface area contributed by atoms with Crippen molar-refractivity contribution in [3.63, 3.8) is 0 Å². The van der Waals surface area contributed by atoms with Crippen molar-refractivity contribution in [1.82, 2.24) is 4.98 Å². The first-order chi connectivity index (χ1) is 9.28. The van der Waals surface area contributed by atoms with E-state index in [1.807, 2.05) is 42.5 Å². The van der Waals surface area contributed by atoms with Crippen molar-refractivity contribution in [3.8, 4) is 11.3 Å². The van der Waals surface area contributed by atoms with Gasteiger partial charge in [0.05, 0.1) is 0 Å². The number of benzene rings is 2. The van der Waals surface area contributed by atoms with Gasteiger partial charge >= 0.3 is 0 Å². The van der Waals surface area contributed by atoms with Crippen LogP contribution in [0.15, 0.2) is 59.4 Å². The summed E-state index contributed by atoms with van der Waals surface area (Å²) in [6, 6.07) is 17.6. The van der Waals surface area contributed by atoms with Crippen LogP contribution in [-0.2, 0) is 6.42 Å². The van der Waals surface area contributed by atoms with Crippen molar-refractivity contribution in [3.05, 3.63) is 70.4 Å². The SMILES string of the molecule is CCc1ccc2c(=O)cc(-c3ccccc3)[nH]c2c1. The van der Waals surface area contributed by atoms with Crippen molar-refractivity contribution in [2.75, 3.05) is 0 Å². The molecule has 0 atom stereocenters. The Morgan fingerprint density at radius 1 is 1.00 bits per heavy atom. The standard InChI is InChI=1S/C17H15NO/c1-2-12-8-9-14-16(10-12)18-15(11-17(14)19)13-6-4-3-5-7-13/h3-11H,2H2,1H3,(H,18,19). The fourth-order valence-corrected chi connectivity index (χ4v) is 2.29. The van der Waals surface area contributed by atoms with Gasteiger partial charge in [-0.25, -0.2) is 0 Å². The maximum atomic E-state index is 12.2. The summed E-state index contributed by atoms with van der Waals surface area (Å²) in [6.07, 6.45) is 0.966. The highest BCUT2D eigenvalue weighted by Crippen LogP contribution is 2.19. The molecule has 0 unspecified atom stereocenters. The van der Waals surface area contributed by atoms with E-state index in [-0.39, 0.29) is 5.43 Å². The third-order valence-corrected chi connectivity index (χ3v) is 3.39. The van der Waals surface area contributed by atoms with Crippen LogP contribution < -0.4 is 5.43 Å². The normalized spacial score (nSPS) is 10.8. The van der Waals surface area contributed by atoms with Gasteiger partial charge in [0.15, 0.2) is 5.43 Å². The third kappa shape index (κ3) is 2.17. The Morgan fingerprint density at radius 2 is 1.79 bits per heavy atom. The van der Waals surface area contributed by atoms with E-state index < -0.39 is 0 Å². The maximum Gasteiger partial charge on any atom is 0.190 e. The molecular formula is C17H15NO. The highest BCUT2D eigenvalue weighted by molar-refractivity contribution is 5.82. The molecule has 94 valence electrons. The zero-order valence-corrected chi connectivity index (χ0v) is 10.8. The molecule has 2 nitrogen and oxygen atoms in total. The molecule has 0 radical (unpaired) electrons. The van der Waals surface area contributed by atoms with Gasteiger partial charge in [-0.05, 0) is 29.7 Å². The minimum Gasteiger partial charge on any atom is -0.354 e. The Bertz CT molecular complexity index is 772. The lowest BCUT2D eigenvalue weighted by atomic mass is 10.1. The number of aromatic amines is 1. The van der Waals surface area contributed by atoms with Gasteiger partial charge in [-0.3, -0.25) is 4.79 Å². The van der Waals surface area contributed by atoms with Crippen LogP contribution in [0.4, 0.5) is 0 Å². The zero-order chi connectivity index (χ0) is 13.2. The summed E-state index contributed by atoms with van der Waals surface area (Å²) in [6.45, 7) is 2.11. The molecule has 1 N–H and O–H groups in total. The van der Waals surface area contributed by atoms with Crippen LogP contribution in [0.25, 0.3) is 22.2 Å². The molecule has 0 bridgehead atoms. The molecule has 3 aromatic rings. The minimum atomic E-state index is 0.0651. The van der Waals surface area contributed by atoms with Gasteiger partial charge in [0.25, 0.3) is 0 Å². The topological polar surface area (TPSA) is 32.9 Å². The summed E-state index contributed by atoms with van der Waals surface area (Å²) in [5.41, 5.74) is 4.10. The van der Waals surface area contributed by atoms with Crippen LogP contribution in [-0.4, -0.2) is 4.98 Å². The van der Waals surface area contributed by atoms with Gasteiger partial charge < -0.3 is 4.98 Å². The molecule has 0 fully saturated rings. The molecule has 0 saturated heterocycles. The van der Waals surface area contributed by atoms with Gasteiger partial charge in [-0.2, -0.15) is 0 Å². The number of hydrogen-bond donors (Lipinski definition) is 1. The molecule has 0 aliphatic carbocycles. The second kappa shape index (κ2) is 4.73. The average molecular weight is 249 g/mol.